The van der Waals surface area contributed by atoms with Gasteiger partial charge in [0.1, 0.15) is 0 Å². The summed E-state index contributed by atoms with van der Waals surface area (Å²) in [5, 5.41) is 4.03. The number of rotatable bonds is 5. The van der Waals surface area contributed by atoms with E-state index in [0.717, 1.165) is 6.54 Å². The predicted molar refractivity (Wildman–Crippen MR) is 68.5 cm³/mol. The van der Waals surface area contributed by atoms with E-state index >= 15 is 0 Å². The average molecular weight is 260 g/mol. The molecule has 0 spiro atoms. The van der Waals surface area contributed by atoms with Crippen molar-refractivity contribution >= 4 is 29.0 Å². The molecular formula is C12H15Cl2NO. The molecule has 0 heterocycles. The van der Waals surface area contributed by atoms with Crippen LogP contribution in [0.25, 0.3) is 0 Å². The van der Waals surface area contributed by atoms with E-state index in [2.05, 4.69) is 5.32 Å². The Morgan fingerprint density at radius 3 is 2.62 bits per heavy atom. The fourth-order valence-corrected chi connectivity index (χ4v) is 1.69. The minimum atomic E-state index is -0.0582. The molecule has 0 bridgehead atoms. The Morgan fingerprint density at radius 1 is 1.38 bits per heavy atom. The second kappa shape index (κ2) is 6.24. The van der Waals surface area contributed by atoms with Crippen molar-refractivity contribution in [3.63, 3.8) is 0 Å². The summed E-state index contributed by atoms with van der Waals surface area (Å²) in [6.45, 7) is 5.44. The molecule has 0 fully saturated rings. The number of carbonyl (C=O) groups is 1. The molecule has 4 heteroatoms. The van der Waals surface area contributed by atoms with Crippen molar-refractivity contribution in [3.05, 3.63) is 33.8 Å². The van der Waals surface area contributed by atoms with Gasteiger partial charge < -0.3 is 5.32 Å². The topological polar surface area (TPSA) is 29.1 Å². The van der Waals surface area contributed by atoms with Crippen LogP contribution < -0.4 is 5.32 Å². The molecule has 1 atom stereocenters. The van der Waals surface area contributed by atoms with E-state index in [-0.39, 0.29) is 11.7 Å². The minimum absolute atomic E-state index is 0.0582. The zero-order chi connectivity index (χ0) is 12.1. The molecule has 1 aromatic rings. The number of halogens is 2. The first-order chi connectivity index (χ1) is 7.56. The van der Waals surface area contributed by atoms with Crippen molar-refractivity contribution in [3.8, 4) is 0 Å². The van der Waals surface area contributed by atoms with Gasteiger partial charge in [-0.2, -0.15) is 0 Å². The third-order valence-corrected chi connectivity index (χ3v) is 3.09. The summed E-state index contributed by atoms with van der Waals surface area (Å²) in [4.78, 5) is 12.0. The SMILES string of the molecule is CCNCC(C)C(=O)c1ccc(Cl)c(Cl)c1. The van der Waals surface area contributed by atoms with E-state index in [1.54, 1.807) is 18.2 Å². The highest BCUT2D eigenvalue weighted by Gasteiger charge is 2.15. The molecule has 0 aliphatic rings. The molecule has 1 N–H and O–H groups in total. The third-order valence-electron chi connectivity index (χ3n) is 2.35. The van der Waals surface area contributed by atoms with Crippen LogP contribution in [0.5, 0.6) is 0 Å². The molecule has 88 valence electrons. The first-order valence-corrected chi connectivity index (χ1v) is 6.01. The Hall–Kier alpha value is -0.570. The van der Waals surface area contributed by atoms with Crippen LogP contribution in [-0.4, -0.2) is 18.9 Å². The molecular weight excluding hydrogens is 245 g/mol. The first kappa shape index (κ1) is 13.5. The van der Waals surface area contributed by atoms with Crippen LogP contribution in [0.2, 0.25) is 10.0 Å². The van der Waals surface area contributed by atoms with Crippen LogP contribution in [0.3, 0.4) is 0 Å². The number of Topliss-reactive ketones (excluding diaryl/α,β-unsaturated/α-hetero) is 1. The predicted octanol–water partition coefficient (Wildman–Crippen LogP) is 3.42. The Kier molecular flexibility index (Phi) is 5.26. The summed E-state index contributed by atoms with van der Waals surface area (Å²) < 4.78 is 0. The van der Waals surface area contributed by atoms with Gasteiger partial charge in [0, 0.05) is 18.0 Å². The molecule has 0 saturated heterocycles. The number of benzene rings is 1. The van der Waals surface area contributed by atoms with Gasteiger partial charge in [0.05, 0.1) is 10.0 Å². The lowest BCUT2D eigenvalue weighted by Crippen LogP contribution is -2.26. The lowest BCUT2D eigenvalue weighted by molar-refractivity contribution is 0.0929. The summed E-state index contributed by atoms with van der Waals surface area (Å²) in [6.07, 6.45) is 0. The Morgan fingerprint density at radius 2 is 2.06 bits per heavy atom. The maximum atomic E-state index is 12.0. The maximum absolute atomic E-state index is 12.0. The fourth-order valence-electron chi connectivity index (χ4n) is 1.39. The number of carbonyl (C=O) groups excluding carboxylic acids is 1. The van der Waals surface area contributed by atoms with Gasteiger partial charge in [0.25, 0.3) is 0 Å². The smallest absolute Gasteiger partial charge is 0.166 e. The molecule has 16 heavy (non-hydrogen) atoms. The molecule has 1 aromatic carbocycles. The maximum Gasteiger partial charge on any atom is 0.166 e. The lowest BCUT2D eigenvalue weighted by atomic mass is 9.99. The molecule has 0 aliphatic carbocycles. The second-order valence-electron chi connectivity index (χ2n) is 3.70. The molecule has 1 rings (SSSR count). The highest BCUT2D eigenvalue weighted by Crippen LogP contribution is 2.23. The van der Waals surface area contributed by atoms with Crippen molar-refractivity contribution in [2.75, 3.05) is 13.1 Å². The van der Waals surface area contributed by atoms with Gasteiger partial charge in [0.15, 0.2) is 5.78 Å². The van der Waals surface area contributed by atoms with Crippen LogP contribution in [-0.2, 0) is 0 Å². The highest BCUT2D eigenvalue weighted by atomic mass is 35.5. The van der Waals surface area contributed by atoms with Gasteiger partial charge in [0.2, 0.25) is 0 Å². The number of hydrogen-bond acceptors (Lipinski definition) is 2. The quantitative estimate of drug-likeness (QED) is 0.822. The largest absolute Gasteiger partial charge is 0.316 e. The zero-order valence-electron chi connectivity index (χ0n) is 9.39. The van der Waals surface area contributed by atoms with Gasteiger partial charge >= 0.3 is 0 Å². The monoisotopic (exact) mass is 259 g/mol. The molecule has 2 nitrogen and oxygen atoms in total. The third kappa shape index (κ3) is 3.48. The minimum Gasteiger partial charge on any atom is -0.316 e. The Labute approximate surface area is 106 Å². The van der Waals surface area contributed by atoms with Crippen LogP contribution in [0.4, 0.5) is 0 Å². The van der Waals surface area contributed by atoms with E-state index in [0.29, 0.717) is 22.2 Å². The normalized spacial score (nSPS) is 12.5. The molecule has 0 saturated carbocycles. The van der Waals surface area contributed by atoms with Crippen LogP contribution in [0.15, 0.2) is 18.2 Å². The fraction of sp³-hybridized carbons (Fsp3) is 0.417. The van der Waals surface area contributed by atoms with Crippen molar-refractivity contribution in [2.24, 2.45) is 5.92 Å². The Bertz CT molecular complexity index is 379. The van der Waals surface area contributed by atoms with Gasteiger partial charge in [-0.15, -0.1) is 0 Å². The summed E-state index contributed by atoms with van der Waals surface area (Å²) in [5.41, 5.74) is 0.611. The summed E-state index contributed by atoms with van der Waals surface area (Å²) in [7, 11) is 0. The molecule has 1 unspecified atom stereocenters. The Balaban J connectivity index is 2.76. The van der Waals surface area contributed by atoms with E-state index in [9.17, 15) is 4.79 Å². The standard InChI is InChI=1S/C12H15Cl2NO/c1-3-15-7-8(2)12(16)9-4-5-10(13)11(14)6-9/h4-6,8,15H,3,7H2,1-2H3. The van der Waals surface area contributed by atoms with Crippen molar-refractivity contribution in [2.45, 2.75) is 13.8 Å². The van der Waals surface area contributed by atoms with E-state index < -0.39 is 0 Å². The van der Waals surface area contributed by atoms with Crippen LogP contribution in [0.1, 0.15) is 24.2 Å². The molecule has 0 radical (unpaired) electrons. The second-order valence-corrected chi connectivity index (χ2v) is 4.52. The lowest BCUT2D eigenvalue weighted by Gasteiger charge is -2.11. The van der Waals surface area contributed by atoms with Gasteiger partial charge in [-0.3, -0.25) is 4.79 Å². The molecule has 0 aromatic heterocycles. The number of ketones is 1. The van der Waals surface area contributed by atoms with Crippen molar-refractivity contribution < 1.29 is 4.79 Å². The molecule has 0 amide bonds. The van der Waals surface area contributed by atoms with Crippen molar-refractivity contribution in [1.82, 2.24) is 5.32 Å². The summed E-state index contributed by atoms with van der Waals surface area (Å²) in [6, 6.07) is 4.98. The van der Waals surface area contributed by atoms with E-state index in [1.807, 2.05) is 13.8 Å². The first-order valence-electron chi connectivity index (χ1n) is 5.26. The summed E-state index contributed by atoms with van der Waals surface area (Å²) >= 11 is 11.7. The van der Waals surface area contributed by atoms with Gasteiger partial charge in [-0.25, -0.2) is 0 Å². The van der Waals surface area contributed by atoms with E-state index in [4.69, 9.17) is 23.2 Å². The number of nitrogens with one attached hydrogen (secondary N) is 1. The number of hydrogen-bond donors (Lipinski definition) is 1. The summed E-state index contributed by atoms with van der Waals surface area (Å²) in [5.74, 6) is 0.0247. The van der Waals surface area contributed by atoms with Crippen LogP contribution >= 0.6 is 23.2 Å². The zero-order valence-corrected chi connectivity index (χ0v) is 10.9. The average Bonchev–Trinajstić information content (AvgIpc) is 2.28. The van der Waals surface area contributed by atoms with E-state index in [1.165, 1.54) is 0 Å². The van der Waals surface area contributed by atoms with Gasteiger partial charge in [-0.1, -0.05) is 37.0 Å². The van der Waals surface area contributed by atoms with Crippen LogP contribution in [0, 0.1) is 5.92 Å². The highest BCUT2D eigenvalue weighted by molar-refractivity contribution is 6.42. The van der Waals surface area contributed by atoms with Crippen molar-refractivity contribution in [1.29, 1.82) is 0 Å². The van der Waals surface area contributed by atoms with Gasteiger partial charge in [-0.05, 0) is 24.7 Å². The molecule has 0 aliphatic heterocycles.